The first-order valence-electron chi connectivity index (χ1n) is 6.43. The van der Waals surface area contributed by atoms with E-state index in [-0.39, 0.29) is 22.6 Å². The predicted octanol–water partition coefficient (Wildman–Crippen LogP) is 2.87. The molecule has 0 bridgehead atoms. The van der Waals surface area contributed by atoms with Gasteiger partial charge in [0.1, 0.15) is 6.20 Å². The van der Waals surface area contributed by atoms with Crippen molar-refractivity contribution in [3.63, 3.8) is 0 Å². The van der Waals surface area contributed by atoms with Crippen LogP contribution in [0.3, 0.4) is 0 Å². The topological polar surface area (TPSA) is 68.1 Å². The molecule has 100 valence electrons. The molecular weight excluding hydrogens is 230 g/mol. The van der Waals surface area contributed by atoms with Crippen LogP contribution in [0.25, 0.3) is 0 Å². The summed E-state index contributed by atoms with van der Waals surface area (Å²) in [6.45, 7) is 7.17. The van der Waals surface area contributed by atoms with Crippen LogP contribution in [0.4, 0.5) is 5.69 Å². The summed E-state index contributed by atoms with van der Waals surface area (Å²) in [7, 11) is 0. The maximum atomic E-state index is 11.0. The second-order valence-corrected chi connectivity index (χ2v) is 4.45. The van der Waals surface area contributed by atoms with Crippen LogP contribution in [-0.4, -0.2) is 22.5 Å². The molecule has 0 saturated heterocycles. The number of hydrogen-bond donors (Lipinski definition) is 1. The first-order valence-corrected chi connectivity index (χ1v) is 6.43. The van der Waals surface area contributed by atoms with Crippen LogP contribution < -0.4 is 5.32 Å². The Bertz CT molecular complexity index is 396. The van der Waals surface area contributed by atoms with Gasteiger partial charge in [-0.1, -0.05) is 13.8 Å². The third-order valence-electron chi connectivity index (χ3n) is 3.19. The highest BCUT2D eigenvalue weighted by molar-refractivity contribution is 5.40. The molecule has 0 aliphatic heterocycles. The first-order chi connectivity index (χ1) is 8.61. The van der Waals surface area contributed by atoms with Crippen LogP contribution in [-0.2, 0) is 0 Å². The molecule has 1 aromatic heterocycles. The zero-order chi connectivity index (χ0) is 13.5. The number of nitro groups is 1. The van der Waals surface area contributed by atoms with E-state index in [2.05, 4.69) is 31.1 Å². The average Bonchev–Trinajstić information content (AvgIpc) is 2.37. The van der Waals surface area contributed by atoms with E-state index in [0.29, 0.717) is 0 Å². The summed E-state index contributed by atoms with van der Waals surface area (Å²) >= 11 is 0. The fourth-order valence-corrected chi connectivity index (χ4v) is 2.22. The number of aromatic nitrogens is 1. The lowest BCUT2D eigenvalue weighted by Gasteiger charge is -2.23. The van der Waals surface area contributed by atoms with Gasteiger partial charge in [0.25, 0.3) is 5.69 Å². The van der Waals surface area contributed by atoms with Crippen molar-refractivity contribution < 1.29 is 4.92 Å². The molecule has 18 heavy (non-hydrogen) atoms. The molecule has 0 saturated carbocycles. The van der Waals surface area contributed by atoms with Crippen molar-refractivity contribution in [2.45, 2.75) is 45.6 Å². The van der Waals surface area contributed by atoms with Gasteiger partial charge in [-0.2, -0.15) is 0 Å². The molecule has 1 aromatic rings. The van der Waals surface area contributed by atoms with Gasteiger partial charge in [0, 0.05) is 23.7 Å². The van der Waals surface area contributed by atoms with E-state index >= 15 is 0 Å². The van der Waals surface area contributed by atoms with Gasteiger partial charge in [-0.05, 0) is 32.4 Å². The summed E-state index contributed by atoms with van der Waals surface area (Å²) in [5.74, 6) is 0.139. The Hall–Kier alpha value is -1.49. The van der Waals surface area contributed by atoms with Gasteiger partial charge in [-0.3, -0.25) is 15.1 Å². The molecule has 0 amide bonds. The summed E-state index contributed by atoms with van der Waals surface area (Å²) in [6.07, 6.45) is 4.88. The second kappa shape index (κ2) is 7.06. The fraction of sp³-hybridized carbons (Fsp3) is 0.615. The van der Waals surface area contributed by atoms with Crippen molar-refractivity contribution in [3.05, 3.63) is 34.1 Å². The highest BCUT2D eigenvalue weighted by Gasteiger charge is 2.24. The zero-order valence-corrected chi connectivity index (χ0v) is 11.2. The second-order valence-electron chi connectivity index (χ2n) is 4.45. The standard InChI is InChI=1S/C13H21N3O2/c1-4-7-15-10(3)11(5-2)12-6-8-14-9-13(12)16(17)18/h6,8-11,15H,4-5,7H2,1-3H3. The van der Waals surface area contributed by atoms with E-state index in [1.54, 1.807) is 12.3 Å². The normalized spacial score (nSPS) is 14.2. The summed E-state index contributed by atoms with van der Waals surface area (Å²) in [5, 5.41) is 14.4. The molecule has 0 aliphatic carbocycles. The third kappa shape index (κ3) is 3.50. The van der Waals surface area contributed by atoms with E-state index in [9.17, 15) is 10.1 Å². The van der Waals surface area contributed by atoms with Crippen molar-refractivity contribution >= 4 is 5.69 Å². The molecule has 2 unspecified atom stereocenters. The fourth-order valence-electron chi connectivity index (χ4n) is 2.22. The monoisotopic (exact) mass is 251 g/mol. The van der Waals surface area contributed by atoms with Crippen LogP contribution in [0.15, 0.2) is 18.5 Å². The average molecular weight is 251 g/mol. The van der Waals surface area contributed by atoms with Crippen LogP contribution in [0.1, 0.15) is 45.1 Å². The van der Waals surface area contributed by atoms with Gasteiger partial charge < -0.3 is 5.32 Å². The number of nitrogens with zero attached hydrogens (tertiary/aromatic N) is 2. The van der Waals surface area contributed by atoms with Gasteiger partial charge >= 0.3 is 0 Å². The summed E-state index contributed by atoms with van der Waals surface area (Å²) in [5.41, 5.74) is 0.892. The summed E-state index contributed by atoms with van der Waals surface area (Å²) < 4.78 is 0. The number of hydrogen-bond acceptors (Lipinski definition) is 4. The molecule has 0 radical (unpaired) electrons. The minimum absolute atomic E-state index is 0.120. The van der Waals surface area contributed by atoms with Gasteiger partial charge in [-0.15, -0.1) is 0 Å². The number of nitrogens with one attached hydrogen (secondary N) is 1. The molecule has 5 nitrogen and oxygen atoms in total. The lowest BCUT2D eigenvalue weighted by molar-refractivity contribution is -0.386. The largest absolute Gasteiger partial charge is 0.314 e. The lowest BCUT2D eigenvalue weighted by Crippen LogP contribution is -2.32. The Labute approximate surface area is 108 Å². The van der Waals surface area contributed by atoms with E-state index in [1.165, 1.54) is 6.20 Å². The highest BCUT2D eigenvalue weighted by atomic mass is 16.6. The number of pyridine rings is 1. The Morgan fingerprint density at radius 2 is 2.22 bits per heavy atom. The molecule has 5 heteroatoms. The van der Waals surface area contributed by atoms with Gasteiger partial charge in [0.2, 0.25) is 0 Å². The lowest BCUT2D eigenvalue weighted by atomic mass is 9.89. The molecule has 1 rings (SSSR count). The Morgan fingerprint density at radius 1 is 1.50 bits per heavy atom. The van der Waals surface area contributed by atoms with Gasteiger partial charge in [0.15, 0.2) is 0 Å². The van der Waals surface area contributed by atoms with Crippen LogP contribution >= 0.6 is 0 Å². The quantitative estimate of drug-likeness (QED) is 0.597. The van der Waals surface area contributed by atoms with Crippen molar-refractivity contribution in [2.75, 3.05) is 6.54 Å². The Morgan fingerprint density at radius 3 is 2.78 bits per heavy atom. The maximum absolute atomic E-state index is 11.0. The minimum Gasteiger partial charge on any atom is -0.314 e. The van der Waals surface area contributed by atoms with E-state index < -0.39 is 0 Å². The SMILES string of the molecule is CCCNC(C)C(CC)c1ccncc1[N+](=O)[O-]. The Kier molecular flexibility index (Phi) is 5.71. The highest BCUT2D eigenvalue weighted by Crippen LogP contribution is 2.30. The third-order valence-corrected chi connectivity index (χ3v) is 3.19. The van der Waals surface area contributed by atoms with E-state index in [4.69, 9.17) is 0 Å². The molecule has 2 atom stereocenters. The van der Waals surface area contributed by atoms with E-state index in [1.807, 2.05) is 0 Å². The zero-order valence-electron chi connectivity index (χ0n) is 11.2. The first kappa shape index (κ1) is 14.6. The van der Waals surface area contributed by atoms with E-state index in [0.717, 1.165) is 24.9 Å². The van der Waals surface area contributed by atoms with Crippen molar-refractivity contribution in [2.24, 2.45) is 0 Å². The molecule has 0 aromatic carbocycles. The molecule has 1 heterocycles. The number of rotatable bonds is 7. The Balaban J connectivity index is 2.97. The smallest absolute Gasteiger partial charge is 0.291 e. The molecule has 1 N–H and O–H groups in total. The van der Waals surface area contributed by atoms with Crippen LogP contribution in [0, 0.1) is 10.1 Å². The van der Waals surface area contributed by atoms with Crippen molar-refractivity contribution in [3.8, 4) is 0 Å². The molecule has 0 aliphatic rings. The summed E-state index contributed by atoms with van der Waals surface area (Å²) in [6, 6.07) is 1.98. The van der Waals surface area contributed by atoms with Gasteiger partial charge in [-0.25, -0.2) is 0 Å². The predicted molar refractivity (Wildman–Crippen MR) is 71.7 cm³/mol. The van der Waals surface area contributed by atoms with Crippen molar-refractivity contribution in [1.82, 2.24) is 10.3 Å². The van der Waals surface area contributed by atoms with Crippen molar-refractivity contribution in [1.29, 1.82) is 0 Å². The maximum Gasteiger partial charge on any atom is 0.291 e. The molecule has 0 fully saturated rings. The summed E-state index contributed by atoms with van der Waals surface area (Å²) in [4.78, 5) is 14.5. The van der Waals surface area contributed by atoms with Crippen LogP contribution in [0.2, 0.25) is 0 Å². The van der Waals surface area contributed by atoms with Crippen LogP contribution in [0.5, 0.6) is 0 Å². The minimum atomic E-state index is -0.350. The molecular formula is C13H21N3O2. The molecule has 0 spiro atoms. The van der Waals surface area contributed by atoms with Gasteiger partial charge in [0.05, 0.1) is 4.92 Å².